The number of rotatable bonds is 5. The highest BCUT2D eigenvalue weighted by molar-refractivity contribution is 7.90. The summed E-state index contributed by atoms with van der Waals surface area (Å²) in [6, 6.07) is -0.0793. The van der Waals surface area contributed by atoms with Crippen LogP contribution in [0.25, 0.3) is 0 Å². The lowest BCUT2D eigenvalue weighted by molar-refractivity contribution is 0.218. The predicted molar refractivity (Wildman–Crippen MR) is 66.6 cm³/mol. The zero-order valence-corrected chi connectivity index (χ0v) is 11.1. The van der Waals surface area contributed by atoms with E-state index in [-0.39, 0.29) is 11.8 Å². The molecular weight excluding hydrogens is 224 g/mol. The maximum absolute atomic E-state index is 11.3. The summed E-state index contributed by atoms with van der Waals surface area (Å²) in [5.74, 6) is 6.80. The smallest absolute Gasteiger partial charge is 0.149 e. The van der Waals surface area contributed by atoms with Crippen LogP contribution in [0, 0.1) is 11.8 Å². The Hall–Kier alpha value is -0.130. The molecule has 0 aromatic rings. The van der Waals surface area contributed by atoms with Crippen molar-refractivity contribution in [2.75, 3.05) is 12.0 Å². The highest BCUT2D eigenvalue weighted by Gasteiger charge is 2.29. The molecule has 0 saturated heterocycles. The molecule has 0 spiro atoms. The zero-order valence-electron chi connectivity index (χ0n) is 10.3. The summed E-state index contributed by atoms with van der Waals surface area (Å²) < 4.78 is 22.6. The number of hydrazine groups is 1. The second-order valence-corrected chi connectivity index (χ2v) is 7.25. The van der Waals surface area contributed by atoms with E-state index < -0.39 is 9.84 Å². The van der Waals surface area contributed by atoms with E-state index in [0.717, 1.165) is 18.8 Å². The first-order chi connectivity index (χ1) is 7.46. The fraction of sp³-hybridized carbons (Fsp3) is 1.00. The first-order valence-corrected chi connectivity index (χ1v) is 8.16. The minimum Gasteiger partial charge on any atom is -0.271 e. The fourth-order valence-corrected chi connectivity index (χ4v) is 3.74. The molecule has 96 valence electrons. The molecule has 5 heteroatoms. The molecule has 1 fully saturated rings. The Labute approximate surface area is 98.9 Å². The fourth-order valence-electron chi connectivity index (χ4n) is 2.72. The summed E-state index contributed by atoms with van der Waals surface area (Å²) >= 11 is 0. The van der Waals surface area contributed by atoms with Crippen molar-refractivity contribution in [3.8, 4) is 0 Å². The highest BCUT2D eigenvalue weighted by Crippen LogP contribution is 2.33. The van der Waals surface area contributed by atoms with Gasteiger partial charge in [0.25, 0.3) is 0 Å². The average Bonchev–Trinajstić information content (AvgIpc) is 2.25. The van der Waals surface area contributed by atoms with Crippen LogP contribution in [-0.4, -0.2) is 26.5 Å². The van der Waals surface area contributed by atoms with Crippen molar-refractivity contribution in [3.63, 3.8) is 0 Å². The first-order valence-electron chi connectivity index (χ1n) is 6.10. The second kappa shape index (κ2) is 5.98. The Balaban J connectivity index is 2.58. The van der Waals surface area contributed by atoms with Gasteiger partial charge in [-0.25, -0.2) is 8.42 Å². The standard InChI is InChI=1S/C11H24N2O2S/c1-3-9-5-4-6-10(7-9)11(13-12)8-16(2,14)15/h9-11,13H,3-8,12H2,1-2H3. The molecule has 16 heavy (non-hydrogen) atoms. The van der Waals surface area contributed by atoms with Gasteiger partial charge in [-0.2, -0.15) is 0 Å². The SMILES string of the molecule is CCC1CCCC(C(CS(C)(=O)=O)NN)C1. The largest absolute Gasteiger partial charge is 0.271 e. The lowest BCUT2D eigenvalue weighted by Gasteiger charge is -2.33. The Morgan fingerprint density at radius 1 is 1.44 bits per heavy atom. The van der Waals surface area contributed by atoms with E-state index in [1.54, 1.807) is 0 Å². The summed E-state index contributed by atoms with van der Waals surface area (Å²) in [7, 11) is -2.95. The van der Waals surface area contributed by atoms with Crippen molar-refractivity contribution in [1.82, 2.24) is 5.43 Å². The predicted octanol–water partition coefficient (Wildman–Crippen LogP) is 1.08. The van der Waals surface area contributed by atoms with Crippen molar-refractivity contribution in [2.45, 2.75) is 45.1 Å². The zero-order chi connectivity index (χ0) is 12.2. The maximum Gasteiger partial charge on any atom is 0.149 e. The molecule has 0 aliphatic heterocycles. The van der Waals surface area contributed by atoms with Crippen LogP contribution in [-0.2, 0) is 9.84 Å². The lowest BCUT2D eigenvalue weighted by atomic mass is 9.77. The third-order valence-corrected chi connectivity index (χ3v) is 4.63. The van der Waals surface area contributed by atoms with Crippen LogP contribution in [0.2, 0.25) is 0 Å². The second-order valence-electron chi connectivity index (χ2n) is 5.07. The molecule has 0 heterocycles. The molecule has 0 bridgehead atoms. The van der Waals surface area contributed by atoms with Gasteiger partial charge in [-0.3, -0.25) is 11.3 Å². The number of hydrogen-bond acceptors (Lipinski definition) is 4. The molecule has 4 nitrogen and oxygen atoms in total. The monoisotopic (exact) mass is 248 g/mol. The summed E-state index contributed by atoms with van der Waals surface area (Å²) in [5.41, 5.74) is 2.69. The molecule has 1 rings (SSSR count). The third-order valence-electron chi connectivity index (χ3n) is 3.67. The van der Waals surface area contributed by atoms with Gasteiger partial charge in [-0.15, -0.1) is 0 Å². The van der Waals surface area contributed by atoms with Gasteiger partial charge in [-0.05, 0) is 24.7 Å². The topological polar surface area (TPSA) is 72.2 Å². The van der Waals surface area contributed by atoms with E-state index >= 15 is 0 Å². The van der Waals surface area contributed by atoms with Crippen molar-refractivity contribution in [3.05, 3.63) is 0 Å². The minimum absolute atomic E-state index is 0.0793. The van der Waals surface area contributed by atoms with E-state index in [0.29, 0.717) is 5.92 Å². The summed E-state index contributed by atoms with van der Waals surface area (Å²) in [5, 5.41) is 0. The molecule has 0 radical (unpaired) electrons. The Morgan fingerprint density at radius 3 is 2.62 bits per heavy atom. The molecule has 3 unspecified atom stereocenters. The Morgan fingerprint density at radius 2 is 2.12 bits per heavy atom. The van der Waals surface area contributed by atoms with Crippen LogP contribution < -0.4 is 11.3 Å². The van der Waals surface area contributed by atoms with Gasteiger partial charge < -0.3 is 0 Å². The third kappa shape index (κ3) is 4.39. The van der Waals surface area contributed by atoms with Crippen LogP contribution in [0.3, 0.4) is 0 Å². The molecule has 1 aliphatic rings. The van der Waals surface area contributed by atoms with Crippen LogP contribution in [0.4, 0.5) is 0 Å². The van der Waals surface area contributed by atoms with Crippen molar-refractivity contribution >= 4 is 9.84 Å². The van der Waals surface area contributed by atoms with Gasteiger partial charge in [-0.1, -0.05) is 26.2 Å². The van der Waals surface area contributed by atoms with Gasteiger partial charge in [0, 0.05) is 12.3 Å². The molecule has 3 N–H and O–H groups in total. The van der Waals surface area contributed by atoms with E-state index in [1.807, 2.05) is 0 Å². The van der Waals surface area contributed by atoms with Crippen molar-refractivity contribution < 1.29 is 8.42 Å². The van der Waals surface area contributed by atoms with Gasteiger partial charge in [0.05, 0.1) is 5.75 Å². The number of nitrogens with one attached hydrogen (secondary N) is 1. The van der Waals surface area contributed by atoms with Gasteiger partial charge in [0.1, 0.15) is 9.84 Å². The van der Waals surface area contributed by atoms with E-state index in [1.165, 1.54) is 25.5 Å². The van der Waals surface area contributed by atoms with E-state index in [4.69, 9.17) is 5.84 Å². The molecule has 0 aromatic carbocycles. The number of nitrogens with two attached hydrogens (primary N) is 1. The molecular formula is C11H24N2O2S. The van der Waals surface area contributed by atoms with Crippen molar-refractivity contribution in [2.24, 2.45) is 17.7 Å². The number of sulfone groups is 1. The van der Waals surface area contributed by atoms with Gasteiger partial charge in [0.15, 0.2) is 0 Å². The minimum atomic E-state index is -2.95. The average molecular weight is 248 g/mol. The Bertz CT molecular complexity index is 303. The summed E-state index contributed by atoms with van der Waals surface area (Å²) in [6.45, 7) is 2.20. The molecule has 1 aliphatic carbocycles. The van der Waals surface area contributed by atoms with Gasteiger partial charge in [0.2, 0.25) is 0 Å². The van der Waals surface area contributed by atoms with Crippen molar-refractivity contribution in [1.29, 1.82) is 0 Å². The van der Waals surface area contributed by atoms with Gasteiger partial charge >= 0.3 is 0 Å². The lowest BCUT2D eigenvalue weighted by Crippen LogP contribution is -2.46. The molecule has 0 aromatic heterocycles. The maximum atomic E-state index is 11.3. The van der Waals surface area contributed by atoms with E-state index in [2.05, 4.69) is 12.3 Å². The quantitative estimate of drug-likeness (QED) is 0.564. The normalized spacial score (nSPS) is 28.9. The number of hydrogen-bond donors (Lipinski definition) is 2. The molecule has 0 amide bonds. The van der Waals surface area contributed by atoms with Crippen LogP contribution >= 0.6 is 0 Å². The van der Waals surface area contributed by atoms with Crippen LogP contribution in [0.1, 0.15) is 39.0 Å². The van der Waals surface area contributed by atoms with Crippen LogP contribution in [0.15, 0.2) is 0 Å². The summed E-state index contributed by atoms with van der Waals surface area (Å²) in [4.78, 5) is 0. The van der Waals surface area contributed by atoms with E-state index in [9.17, 15) is 8.42 Å². The first kappa shape index (κ1) is 13.9. The molecule has 1 saturated carbocycles. The molecule has 3 atom stereocenters. The van der Waals surface area contributed by atoms with Crippen LogP contribution in [0.5, 0.6) is 0 Å². The Kier molecular flexibility index (Phi) is 5.21. The summed E-state index contributed by atoms with van der Waals surface area (Å²) in [6.07, 6.45) is 7.15. The highest BCUT2D eigenvalue weighted by atomic mass is 32.2.